The summed E-state index contributed by atoms with van der Waals surface area (Å²) in [7, 11) is 1.57. The van der Waals surface area contributed by atoms with E-state index in [1.165, 1.54) is 0 Å². The third-order valence-electron chi connectivity index (χ3n) is 2.59. The first kappa shape index (κ1) is 13.7. The highest BCUT2D eigenvalue weighted by molar-refractivity contribution is 14.1. The molecule has 1 amide bonds. The van der Waals surface area contributed by atoms with Gasteiger partial charge < -0.3 is 15.8 Å². The van der Waals surface area contributed by atoms with Gasteiger partial charge in [-0.15, -0.1) is 0 Å². The van der Waals surface area contributed by atoms with Crippen molar-refractivity contribution in [2.24, 2.45) is 0 Å². The molecule has 2 aromatic rings. The molecule has 0 aromatic heterocycles. The van der Waals surface area contributed by atoms with E-state index in [0.717, 1.165) is 3.57 Å². The molecule has 3 N–H and O–H groups in total. The predicted molar refractivity (Wildman–Crippen MR) is 84.5 cm³/mol. The zero-order chi connectivity index (χ0) is 13.8. The van der Waals surface area contributed by atoms with Crippen LogP contribution in [-0.4, -0.2) is 13.0 Å². The maximum atomic E-state index is 12.1. The van der Waals surface area contributed by atoms with Crippen LogP contribution in [-0.2, 0) is 0 Å². The lowest BCUT2D eigenvalue weighted by atomic mass is 10.2. The van der Waals surface area contributed by atoms with Gasteiger partial charge in [-0.05, 0) is 52.9 Å². The Bertz CT molecular complexity index is 614. The van der Waals surface area contributed by atoms with E-state index in [1.807, 2.05) is 18.2 Å². The first-order chi connectivity index (χ1) is 9.10. The van der Waals surface area contributed by atoms with Crippen LogP contribution < -0.4 is 15.8 Å². The van der Waals surface area contributed by atoms with Gasteiger partial charge in [-0.2, -0.15) is 0 Å². The monoisotopic (exact) mass is 368 g/mol. The Morgan fingerprint density at radius 2 is 2.05 bits per heavy atom. The second-order valence-electron chi connectivity index (χ2n) is 3.92. The van der Waals surface area contributed by atoms with Crippen LogP contribution >= 0.6 is 22.6 Å². The minimum atomic E-state index is -0.185. The molecule has 98 valence electrons. The number of hydrogen-bond donors (Lipinski definition) is 2. The lowest BCUT2D eigenvalue weighted by Gasteiger charge is -2.09. The summed E-state index contributed by atoms with van der Waals surface area (Å²) in [6, 6.07) is 12.5. The molecule has 0 atom stereocenters. The van der Waals surface area contributed by atoms with Gasteiger partial charge in [-0.25, -0.2) is 0 Å². The number of carbonyl (C=O) groups is 1. The number of rotatable bonds is 3. The Labute approximate surface area is 125 Å². The minimum absolute atomic E-state index is 0.185. The number of ether oxygens (including phenoxy) is 1. The number of hydrogen-bond acceptors (Lipinski definition) is 3. The van der Waals surface area contributed by atoms with Gasteiger partial charge in [0.25, 0.3) is 5.91 Å². The molecular weight excluding hydrogens is 355 g/mol. The van der Waals surface area contributed by atoms with E-state index in [9.17, 15) is 4.79 Å². The summed E-state index contributed by atoms with van der Waals surface area (Å²) in [5.41, 5.74) is 7.50. The highest BCUT2D eigenvalue weighted by atomic mass is 127. The highest BCUT2D eigenvalue weighted by Gasteiger charge is 2.08. The number of anilines is 2. The lowest BCUT2D eigenvalue weighted by Crippen LogP contribution is -2.13. The van der Waals surface area contributed by atoms with Gasteiger partial charge >= 0.3 is 0 Å². The summed E-state index contributed by atoms with van der Waals surface area (Å²) in [5.74, 6) is 0.472. The summed E-state index contributed by atoms with van der Waals surface area (Å²) in [6.07, 6.45) is 0. The molecule has 4 nitrogen and oxygen atoms in total. The van der Waals surface area contributed by atoms with Crippen LogP contribution in [0.15, 0.2) is 42.5 Å². The van der Waals surface area contributed by atoms with Crippen molar-refractivity contribution in [2.75, 3.05) is 18.2 Å². The molecule has 0 saturated carbocycles. The Hall–Kier alpha value is -1.76. The minimum Gasteiger partial charge on any atom is -0.497 e. The average molecular weight is 368 g/mol. The third-order valence-corrected chi connectivity index (χ3v) is 3.26. The number of methoxy groups -OCH3 is 1. The van der Waals surface area contributed by atoms with Crippen molar-refractivity contribution in [1.29, 1.82) is 0 Å². The van der Waals surface area contributed by atoms with E-state index in [-0.39, 0.29) is 5.91 Å². The van der Waals surface area contributed by atoms with Gasteiger partial charge in [0.1, 0.15) is 5.75 Å². The van der Waals surface area contributed by atoms with E-state index in [1.54, 1.807) is 31.4 Å². The maximum absolute atomic E-state index is 12.1. The lowest BCUT2D eigenvalue weighted by molar-refractivity contribution is 0.102. The zero-order valence-corrected chi connectivity index (χ0v) is 12.5. The van der Waals surface area contributed by atoms with Crippen molar-refractivity contribution in [3.05, 3.63) is 51.6 Å². The number of nitrogens with two attached hydrogens (primary N) is 1. The quantitative estimate of drug-likeness (QED) is 0.646. The smallest absolute Gasteiger partial charge is 0.255 e. The van der Waals surface area contributed by atoms with Crippen LogP contribution in [0.2, 0.25) is 0 Å². The van der Waals surface area contributed by atoms with Gasteiger partial charge in [0.05, 0.1) is 18.5 Å². The largest absolute Gasteiger partial charge is 0.497 e. The molecule has 2 aromatic carbocycles. The molecule has 2 rings (SSSR count). The molecule has 19 heavy (non-hydrogen) atoms. The molecule has 5 heteroatoms. The van der Waals surface area contributed by atoms with E-state index in [4.69, 9.17) is 10.5 Å². The summed E-state index contributed by atoms with van der Waals surface area (Å²) >= 11 is 2.16. The standard InChI is InChI=1S/C14H13IN2O2/c1-19-11-5-6-13(12(16)8-11)17-14(18)9-3-2-4-10(15)7-9/h2-8H,16H2,1H3,(H,17,18). The fourth-order valence-electron chi connectivity index (χ4n) is 1.61. The molecular formula is C14H13IN2O2. The van der Waals surface area contributed by atoms with Gasteiger partial charge in [0.15, 0.2) is 0 Å². The molecule has 0 radical (unpaired) electrons. The Morgan fingerprint density at radius 3 is 2.68 bits per heavy atom. The van der Waals surface area contributed by atoms with Crippen molar-refractivity contribution in [3.8, 4) is 5.75 Å². The summed E-state index contributed by atoms with van der Waals surface area (Å²) in [5, 5.41) is 2.78. The SMILES string of the molecule is COc1ccc(NC(=O)c2cccc(I)c2)c(N)c1. The second-order valence-corrected chi connectivity index (χ2v) is 5.16. The van der Waals surface area contributed by atoms with Crippen LogP contribution in [0.3, 0.4) is 0 Å². The molecule has 0 spiro atoms. The maximum Gasteiger partial charge on any atom is 0.255 e. The van der Waals surface area contributed by atoms with Crippen LogP contribution in [0.1, 0.15) is 10.4 Å². The average Bonchev–Trinajstić information content (AvgIpc) is 2.41. The first-order valence-electron chi connectivity index (χ1n) is 5.60. The number of nitrogens with one attached hydrogen (secondary N) is 1. The van der Waals surface area contributed by atoms with E-state index in [2.05, 4.69) is 27.9 Å². The van der Waals surface area contributed by atoms with Crippen LogP contribution in [0.4, 0.5) is 11.4 Å². The summed E-state index contributed by atoms with van der Waals surface area (Å²) < 4.78 is 6.07. The van der Waals surface area contributed by atoms with Crippen molar-refractivity contribution >= 4 is 39.9 Å². The molecule has 0 heterocycles. The molecule has 0 fully saturated rings. The third kappa shape index (κ3) is 3.37. The van der Waals surface area contributed by atoms with Crippen LogP contribution in [0.25, 0.3) is 0 Å². The Balaban J connectivity index is 2.19. The van der Waals surface area contributed by atoms with Gasteiger partial charge in [-0.1, -0.05) is 6.07 Å². The predicted octanol–water partition coefficient (Wildman–Crippen LogP) is 3.13. The van der Waals surface area contributed by atoms with Gasteiger partial charge in [-0.3, -0.25) is 4.79 Å². The molecule has 0 aliphatic rings. The van der Waals surface area contributed by atoms with E-state index in [0.29, 0.717) is 22.7 Å². The number of halogens is 1. The number of amides is 1. The Kier molecular flexibility index (Phi) is 4.26. The van der Waals surface area contributed by atoms with Crippen molar-refractivity contribution in [1.82, 2.24) is 0 Å². The zero-order valence-electron chi connectivity index (χ0n) is 10.3. The van der Waals surface area contributed by atoms with Gasteiger partial charge in [0.2, 0.25) is 0 Å². The van der Waals surface area contributed by atoms with Crippen molar-refractivity contribution < 1.29 is 9.53 Å². The topological polar surface area (TPSA) is 64.3 Å². The fourth-order valence-corrected chi connectivity index (χ4v) is 2.15. The summed E-state index contributed by atoms with van der Waals surface area (Å²) in [4.78, 5) is 12.1. The normalized spacial score (nSPS) is 10.0. The highest BCUT2D eigenvalue weighted by Crippen LogP contribution is 2.24. The Morgan fingerprint density at radius 1 is 1.26 bits per heavy atom. The fraction of sp³-hybridized carbons (Fsp3) is 0.0714. The number of benzene rings is 2. The molecule has 0 bridgehead atoms. The molecule has 0 aliphatic heterocycles. The number of nitrogen functional groups attached to an aromatic ring is 1. The van der Waals surface area contributed by atoms with E-state index >= 15 is 0 Å². The van der Waals surface area contributed by atoms with E-state index < -0.39 is 0 Å². The van der Waals surface area contributed by atoms with Crippen LogP contribution in [0, 0.1) is 3.57 Å². The molecule has 0 saturated heterocycles. The second kappa shape index (κ2) is 5.92. The first-order valence-corrected chi connectivity index (χ1v) is 6.68. The number of carbonyl (C=O) groups excluding carboxylic acids is 1. The van der Waals surface area contributed by atoms with Crippen LogP contribution in [0.5, 0.6) is 5.75 Å². The van der Waals surface area contributed by atoms with Gasteiger partial charge in [0, 0.05) is 15.2 Å². The molecule has 0 aliphatic carbocycles. The molecule has 0 unspecified atom stereocenters. The van der Waals surface area contributed by atoms with Crippen molar-refractivity contribution in [2.45, 2.75) is 0 Å². The summed E-state index contributed by atoms with van der Waals surface area (Å²) in [6.45, 7) is 0. The van der Waals surface area contributed by atoms with Crippen molar-refractivity contribution in [3.63, 3.8) is 0 Å².